The van der Waals surface area contributed by atoms with E-state index in [9.17, 15) is 0 Å². The summed E-state index contributed by atoms with van der Waals surface area (Å²) in [6, 6.07) is 0. The highest BCUT2D eigenvalue weighted by molar-refractivity contribution is 9.10. The zero-order valence-electron chi connectivity index (χ0n) is 11.8. The van der Waals surface area contributed by atoms with E-state index in [1.807, 2.05) is 11.7 Å². The van der Waals surface area contributed by atoms with E-state index in [0.29, 0.717) is 0 Å². The van der Waals surface area contributed by atoms with Crippen LogP contribution in [0.1, 0.15) is 18.3 Å². The summed E-state index contributed by atoms with van der Waals surface area (Å²) in [4.78, 5) is 4.77. The predicted octanol–water partition coefficient (Wildman–Crippen LogP) is 0.855. The van der Waals surface area contributed by atoms with Crippen molar-refractivity contribution in [3.63, 3.8) is 0 Å². The lowest BCUT2D eigenvalue weighted by Crippen LogP contribution is -2.46. The van der Waals surface area contributed by atoms with Crippen LogP contribution in [0.5, 0.6) is 0 Å². The van der Waals surface area contributed by atoms with Crippen LogP contribution >= 0.6 is 15.9 Å². The number of aliphatic hydroxyl groups is 1. The van der Waals surface area contributed by atoms with Crippen LogP contribution in [-0.2, 0) is 20.0 Å². The number of aliphatic hydroxyl groups excluding tert-OH is 1. The van der Waals surface area contributed by atoms with Crippen LogP contribution in [0.15, 0.2) is 4.47 Å². The van der Waals surface area contributed by atoms with Crippen molar-refractivity contribution in [1.29, 1.82) is 0 Å². The van der Waals surface area contributed by atoms with Gasteiger partial charge in [-0.2, -0.15) is 5.10 Å². The Morgan fingerprint density at radius 3 is 2.37 bits per heavy atom. The van der Waals surface area contributed by atoms with E-state index in [4.69, 9.17) is 5.11 Å². The smallest absolute Gasteiger partial charge is 0.0767 e. The molecule has 0 aliphatic carbocycles. The van der Waals surface area contributed by atoms with Crippen molar-refractivity contribution in [2.75, 3.05) is 39.3 Å². The number of hydrogen-bond donors (Lipinski definition) is 1. The van der Waals surface area contributed by atoms with Crippen LogP contribution < -0.4 is 0 Å². The highest BCUT2D eigenvalue weighted by Gasteiger charge is 2.20. The van der Waals surface area contributed by atoms with E-state index in [2.05, 4.69) is 37.8 Å². The van der Waals surface area contributed by atoms with Crippen LogP contribution in [0.4, 0.5) is 0 Å². The molecular weight excluding hydrogens is 308 g/mol. The molecule has 1 aliphatic heterocycles. The average molecular weight is 331 g/mol. The van der Waals surface area contributed by atoms with E-state index in [1.54, 1.807) is 0 Å². The molecule has 1 N–H and O–H groups in total. The summed E-state index contributed by atoms with van der Waals surface area (Å²) < 4.78 is 3.15. The monoisotopic (exact) mass is 330 g/mol. The molecule has 0 radical (unpaired) electrons. The largest absolute Gasteiger partial charge is 0.395 e. The fourth-order valence-electron chi connectivity index (χ4n) is 2.52. The first-order valence-corrected chi connectivity index (χ1v) is 7.70. The number of hydrogen-bond acceptors (Lipinski definition) is 4. The van der Waals surface area contributed by atoms with Crippen molar-refractivity contribution in [3.05, 3.63) is 15.9 Å². The highest BCUT2D eigenvalue weighted by atomic mass is 79.9. The molecule has 6 heteroatoms. The molecule has 0 spiro atoms. The lowest BCUT2D eigenvalue weighted by Gasteiger charge is -2.34. The maximum atomic E-state index is 8.95. The number of piperazine rings is 1. The molecule has 2 heterocycles. The first-order chi connectivity index (χ1) is 9.15. The van der Waals surface area contributed by atoms with E-state index in [0.717, 1.165) is 55.9 Å². The van der Waals surface area contributed by atoms with Gasteiger partial charge in [-0.1, -0.05) is 6.92 Å². The maximum absolute atomic E-state index is 8.95. The Bertz CT molecular complexity index is 413. The molecule has 1 fully saturated rings. The summed E-state index contributed by atoms with van der Waals surface area (Å²) >= 11 is 3.67. The van der Waals surface area contributed by atoms with Crippen molar-refractivity contribution >= 4 is 15.9 Å². The zero-order valence-corrected chi connectivity index (χ0v) is 13.4. The topological polar surface area (TPSA) is 44.5 Å². The molecule has 0 amide bonds. The summed E-state index contributed by atoms with van der Waals surface area (Å²) in [5.74, 6) is 0. The number of aromatic nitrogens is 2. The molecule has 0 bridgehead atoms. The van der Waals surface area contributed by atoms with Gasteiger partial charge < -0.3 is 5.11 Å². The molecule has 0 saturated carbocycles. The third-order valence-electron chi connectivity index (χ3n) is 3.76. The molecule has 1 aromatic heterocycles. The van der Waals surface area contributed by atoms with E-state index >= 15 is 0 Å². The SMILES string of the molecule is CCc1nn(C)c(CN2CCN(CCO)CC2)c1Br. The maximum Gasteiger partial charge on any atom is 0.0767 e. The first kappa shape index (κ1) is 15.0. The standard InChI is InChI=1S/C13H23BrN4O/c1-3-11-13(14)12(16(2)15-11)10-18-6-4-17(5-7-18)8-9-19/h19H,3-10H2,1-2H3. The summed E-state index contributed by atoms with van der Waals surface area (Å²) in [6.45, 7) is 8.31. The van der Waals surface area contributed by atoms with Crippen LogP contribution in [0.2, 0.25) is 0 Å². The minimum absolute atomic E-state index is 0.257. The van der Waals surface area contributed by atoms with Crippen LogP contribution in [0.3, 0.4) is 0 Å². The number of aryl methyl sites for hydroxylation is 2. The molecule has 19 heavy (non-hydrogen) atoms. The van der Waals surface area contributed by atoms with Crippen molar-refractivity contribution in [1.82, 2.24) is 19.6 Å². The molecule has 0 aromatic carbocycles. The lowest BCUT2D eigenvalue weighted by molar-refractivity contribution is 0.107. The fourth-order valence-corrected chi connectivity index (χ4v) is 3.26. The van der Waals surface area contributed by atoms with Gasteiger partial charge in [-0.05, 0) is 22.4 Å². The number of halogens is 1. The normalized spacial score (nSPS) is 18.1. The van der Waals surface area contributed by atoms with Gasteiger partial charge >= 0.3 is 0 Å². The van der Waals surface area contributed by atoms with Gasteiger partial charge in [0.05, 0.1) is 22.5 Å². The van der Waals surface area contributed by atoms with Gasteiger partial charge in [0.1, 0.15) is 0 Å². The summed E-state index contributed by atoms with van der Waals surface area (Å²) in [5.41, 5.74) is 2.39. The Morgan fingerprint density at radius 2 is 1.84 bits per heavy atom. The molecule has 1 saturated heterocycles. The Hall–Kier alpha value is -0.430. The third kappa shape index (κ3) is 3.56. The lowest BCUT2D eigenvalue weighted by atomic mass is 10.2. The van der Waals surface area contributed by atoms with Gasteiger partial charge in [-0.15, -0.1) is 0 Å². The molecule has 5 nitrogen and oxygen atoms in total. The van der Waals surface area contributed by atoms with Gasteiger partial charge in [0.25, 0.3) is 0 Å². The van der Waals surface area contributed by atoms with Crippen LogP contribution in [0, 0.1) is 0 Å². The summed E-state index contributed by atoms with van der Waals surface area (Å²) in [5, 5.41) is 13.5. The predicted molar refractivity (Wildman–Crippen MR) is 79.1 cm³/mol. The van der Waals surface area contributed by atoms with Crippen molar-refractivity contribution in [2.24, 2.45) is 7.05 Å². The Kier molecular flexibility index (Phi) is 5.38. The van der Waals surface area contributed by atoms with Crippen molar-refractivity contribution in [2.45, 2.75) is 19.9 Å². The number of nitrogens with zero attached hydrogens (tertiary/aromatic N) is 4. The molecular formula is C13H23BrN4O. The molecule has 108 valence electrons. The van der Waals surface area contributed by atoms with Gasteiger partial charge in [0.15, 0.2) is 0 Å². The highest BCUT2D eigenvalue weighted by Crippen LogP contribution is 2.23. The molecule has 0 unspecified atom stereocenters. The van der Waals surface area contributed by atoms with Crippen LogP contribution in [-0.4, -0.2) is 64.0 Å². The molecule has 1 aliphatic rings. The van der Waals surface area contributed by atoms with Gasteiger partial charge in [0, 0.05) is 46.3 Å². The second-order valence-corrected chi connectivity index (χ2v) is 5.82. The van der Waals surface area contributed by atoms with Gasteiger partial charge in [0.2, 0.25) is 0 Å². The Balaban J connectivity index is 1.94. The number of β-amino-alcohol motifs (C(OH)–C–C–N with tert-alkyl or cyclic N) is 1. The quantitative estimate of drug-likeness (QED) is 0.869. The minimum Gasteiger partial charge on any atom is -0.395 e. The first-order valence-electron chi connectivity index (χ1n) is 6.91. The minimum atomic E-state index is 0.257. The molecule has 0 atom stereocenters. The van der Waals surface area contributed by atoms with E-state index < -0.39 is 0 Å². The Labute approximate surface area is 123 Å². The summed E-state index contributed by atoms with van der Waals surface area (Å²) in [7, 11) is 2.02. The Morgan fingerprint density at radius 1 is 1.21 bits per heavy atom. The van der Waals surface area contributed by atoms with E-state index in [1.165, 1.54) is 5.69 Å². The number of rotatable bonds is 5. The van der Waals surface area contributed by atoms with E-state index in [-0.39, 0.29) is 6.61 Å². The zero-order chi connectivity index (χ0) is 13.8. The molecule has 2 rings (SSSR count). The fraction of sp³-hybridized carbons (Fsp3) is 0.769. The van der Waals surface area contributed by atoms with Crippen LogP contribution in [0.25, 0.3) is 0 Å². The summed E-state index contributed by atoms with van der Waals surface area (Å²) in [6.07, 6.45) is 0.957. The third-order valence-corrected chi connectivity index (χ3v) is 4.67. The molecule has 1 aromatic rings. The second kappa shape index (κ2) is 6.83. The van der Waals surface area contributed by atoms with Gasteiger partial charge in [-0.25, -0.2) is 0 Å². The average Bonchev–Trinajstić information content (AvgIpc) is 2.68. The second-order valence-electron chi connectivity index (χ2n) is 5.03. The van der Waals surface area contributed by atoms with Gasteiger partial charge in [-0.3, -0.25) is 14.5 Å². The van der Waals surface area contributed by atoms with Crippen molar-refractivity contribution < 1.29 is 5.11 Å². The van der Waals surface area contributed by atoms with Crippen molar-refractivity contribution in [3.8, 4) is 0 Å².